The van der Waals surface area contributed by atoms with Gasteiger partial charge in [-0.05, 0) is 50.9 Å². The Hall–Kier alpha value is -0.930. The first kappa shape index (κ1) is 10.6. The lowest BCUT2D eigenvalue weighted by molar-refractivity contribution is 0.0850. The molecule has 15 heavy (non-hydrogen) atoms. The van der Waals surface area contributed by atoms with Crippen LogP contribution in [0.1, 0.15) is 30.3 Å². The quantitative estimate of drug-likeness (QED) is 0.769. The van der Waals surface area contributed by atoms with E-state index in [1.165, 1.54) is 0 Å². The fourth-order valence-corrected chi connectivity index (χ4v) is 2.13. The van der Waals surface area contributed by atoms with Crippen molar-refractivity contribution in [2.45, 2.75) is 25.9 Å². The van der Waals surface area contributed by atoms with Crippen molar-refractivity contribution < 1.29 is 5.11 Å². The van der Waals surface area contributed by atoms with Gasteiger partial charge in [0.25, 0.3) is 0 Å². The molecule has 3 nitrogen and oxygen atoms in total. The summed E-state index contributed by atoms with van der Waals surface area (Å²) in [6.07, 6.45) is 1.68. The molecular weight excluding hydrogens is 188 g/mol. The Balaban J connectivity index is 2.08. The summed E-state index contributed by atoms with van der Waals surface area (Å²) >= 11 is 0. The fourth-order valence-electron chi connectivity index (χ4n) is 2.13. The molecule has 1 aliphatic heterocycles. The topological polar surface area (TPSA) is 45.1 Å². The van der Waals surface area contributed by atoms with Crippen molar-refractivity contribution >= 4 is 0 Å². The molecule has 1 aliphatic rings. The number of nitrogens with one attached hydrogen (secondary N) is 1. The second kappa shape index (κ2) is 4.73. The lowest BCUT2D eigenvalue weighted by Crippen LogP contribution is -2.31. The van der Waals surface area contributed by atoms with Crippen LogP contribution in [0.2, 0.25) is 0 Å². The van der Waals surface area contributed by atoms with Crippen molar-refractivity contribution in [2.75, 3.05) is 13.1 Å². The molecule has 0 spiro atoms. The summed E-state index contributed by atoms with van der Waals surface area (Å²) in [5.41, 5.74) is 1.79. The predicted octanol–water partition coefficient (Wildman–Crippen LogP) is 1.42. The van der Waals surface area contributed by atoms with E-state index in [0.29, 0.717) is 5.92 Å². The first-order chi connectivity index (χ1) is 7.27. The van der Waals surface area contributed by atoms with Crippen molar-refractivity contribution in [1.82, 2.24) is 10.3 Å². The molecule has 1 fully saturated rings. The number of piperidine rings is 1. The molecule has 1 atom stereocenters. The first-order valence-corrected chi connectivity index (χ1v) is 5.60. The molecule has 2 heterocycles. The van der Waals surface area contributed by atoms with Crippen LogP contribution in [-0.4, -0.2) is 23.2 Å². The smallest absolute Gasteiger partial charge is 0.0988 e. The number of hydrogen-bond acceptors (Lipinski definition) is 3. The van der Waals surface area contributed by atoms with Crippen LogP contribution in [0, 0.1) is 12.8 Å². The summed E-state index contributed by atoms with van der Waals surface area (Å²) in [7, 11) is 0. The molecule has 2 N–H and O–H groups in total. The van der Waals surface area contributed by atoms with Crippen LogP contribution in [0.25, 0.3) is 0 Å². The molecule has 0 radical (unpaired) electrons. The first-order valence-electron chi connectivity index (χ1n) is 5.60. The lowest BCUT2D eigenvalue weighted by atomic mass is 9.90. The van der Waals surface area contributed by atoms with Gasteiger partial charge in [0.1, 0.15) is 0 Å². The normalized spacial score (nSPS) is 20.1. The Morgan fingerprint density at radius 3 is 2.80 bits per heavy atom. The highest BCUT2D eigenvalue weighted by Crippen LogP contribution is 2.27. The molecular formula is C12H18N2O. The highest BCUT2D eigenvalue weighted by Gasteiger charge is 2.23. The molecule has 1 aromatic rings. The van der Waals surface area contributed by atoms with Gasteiger partial charge < -0.3 is 10.4 Å². The van der Waals surface area contributed by atoms with Gasteiger partial charge >= 0.3 is 0 Å². The summed E-state index contributed by atoms with van der Waals surface area (Å²) in [6, 6.07) is 5.83. The molecule has 0 aliphatic carbocycles. The molecule has 1 saturated heterocycles. The third-order valence-corrected chi connectivity index (χ3v) is 3.04. The van der Waals surface area contributed by atoms with Crippen molar-refractivity contribution in [1.29, 1.82) is 0 Å². The molecule has 1 aromatic heterocycles. The highest BCUT2D eigenvalue weighted by atomic mass is 16.3. The highest BCUT2D eigenvalue weighted by molar-refractivity contribution is 5.13. The lowest BCUT2D eigenvalue weighted by Gasteiger charge is -2.26. The minimum absolute atomic E-state index is 0.362. The molecule has 0 saturated carbocycles. The van der Waals surface area contributed by atoms with E-state index in [1.54, 1.807) is 0 Å². The molecule has 0 aromatic carbocycles. The second-order valence-corrected chi connectivity index (χ2v) is 4.24. The van der Waals surface area contributed by atoms with Crippen LogP contribution in [0.3, 0.4) is 0 Å². The van der Waals surface area contributed by atoms with Crippen molar-refractivity contribution in [3.8, 4) is 0 Å². The van der Waals surface area contributed by atoms with Crippen molar-refractivity contribution in [3.63, 3.8) is 0 Å². The van der Waals surface area contributed by atoms with Gasteiger partial charge in [0.05, 0.1) is 11.8 Å². The number of aliphatic hydroxyl groups excluding tert-OH is 1. The minimum atomic E-state index is -0.396. The Kier molecular flexibility index (Phi) is 3.34. The maximum absolute atomic E-state index is 10.2. The van der Waals surface area contributed by atoms with Crippen LogP contribution in [0.5, 0.6) is 0 Å². The van der Waals surface area contributed by atoms with Crippen LogP contribution in [0.15, 0.2) is 18.2 Å². The van der Waals surface area contributed by atoms with E-state index in [4.69, 9.17) is 0 Å². The largest absolute Gasteiger partial charge is 0.387 e. The van der Waals surface area contributed by atoms with E-state index in [0.717, 1.165) is 37.3 Å². The standard InChI is InChI=1S/C12H18N2O/c1-9-3-2-4-11(14-9)12(15)10-5-7-13-8-6-10/h2-4,10,12-13,15H,5-8H2,1H3. The number of rotatable bonds is 2. The fraction of sp³-hybridized carbons (Fsp3) is 0.583. The Bertz CT molecular complexity index is 321. The van der Waals surface area contributed by atoms with Crippen LogP contribution in [-0.2, 0) is 0 Å². The third kappa shape index (κ3) is 2.55. The number of aromatic nitrogens is 1. The monoisotopic (exact) mass is 206 g/mol. The summed E-state index contributed by atoms with van der Waals surface area (Å²) < 4.78 is 0. The van der Waals surface area contributed by atoms with E-state index in [-0.39, 0.29) is 0 Å². The molecule has 2 rings (SSSR count). The van der Waals surface area contributed by atoms with E-state index < -0.39 is 6.10 Å². The van der Waals surface area contributed by atoms with Crippen LogP contribution >= 0.6 is 0 Å². The summed E-state index contributed by atoms with van der Waals surface area (Å²) in [6.45, 7) is 3.97. The van der Waals surface area contributed by atoms with E-state index in [1.807, 2.05) is 25.1 Å². The Morgan fingerprint density at radius 1 is 1.40 bits per heavy atom. The SMILES string of the molecule is Cc1cccc(C(O)C2CCNCC2)n1. The van der Waals surface area contributed by atoms with Gasteiger partial charge in [0, 0.05) is 5.69 Å². The van der Waals surface area contributed by atoms with Gasteiger partial charge in [-0.2, -0.15) is 0 Å². The molecule has 0 bridgehead atoms. The summed E-state index contributed by atoms with van der Waals surface area (Å²) in [5, 5.41) is 13.5. The average Bonchev–Trinajstić information content (AvgIpc) is 2.29. The van der Waals surface area contributed by atoms with Gasteiger partial charge in [-0.15, -0.1) is 0 Å². The van der Waals surface area contributed by atoms with Gasteiger partial charge in [0.15, 0.2) is 0 Å². The van der Waals surface area contributed by atoms with Gasteiger partial charge in [-0.1, -0.05) is 6.07 Å². The van der Waals surface area contributed by atoms with Gasteiger partial charge in [-0.3, -0.25) is 4.98 Å². The zero-order chi connectivity index (χ0) is 10.7. The van der Waals surface area contributed by atoms with Gasteiger partial charge in [-0.25, -0.2) is 0 Å². The van der Waals surface area contributed by atoms with E-state index in [2.05, 4.69) is 10.3 Å². The number of pyridine rings is 1. The third-order valence-electron chi connectivity index (χ3n) is 3.04. The minimum Gasteiger partial charge on any atom is -0.387 e. The van der Waals surface area contributed by atoms with E-state index in [9.17, 15) is 5.11 Å². The number of nitrogens with zero attached hydrogens (tertiary/aromatic N) is 1. The average molecular weight is 206 g/mol. The van der Waals surface area contributed by atoms with Gasteiger partial charge in [0.2, 0.25) is 0 Å². The molecule has 3 heteroatoms. The maximum Gasteiger partial charge on any atom is 0.0988 e. The molecule has 0 amide bonds. The molecule has 82 valence electrons. The van der Waals surface area contributed by atoms with Crippen molar-refractivity contribution in [2.24, 2.45) is 5.92 Å². The molecule has 1 unspecified atom stereocenters. The number of aryl methyl sites for hydroxylation is 1. The number of hydrogen-bond donors (Lipinski definition) is 2. The van der Waals surface area contributed by atoms with Crippen molar-refractivity contribution in [3.05, 3.63) is 29.6 Å². The predicted molar refractivity (Wildman–Crippen MR) is 59.5 cm³/mol. The maximum atomic E-state index is 10.2. The zero-order valence-electron chi connectivity index (χ0n) is 9.11. The Labute approximate surface area is 90.5 Å². The summed E-state index contributed by atoms with van der Waals surface area (Å²) in [5.74, 6) is 0.362. The Morgan fingerprint density at radius 2 is 2.13 bits per heavy atom. The zero-order valence-corrected chi connectivity index (χ0v) is 9.11. The second-order valence-electron chi connectivity index (χ2n) is 4.24. The number of aliphatic hydroxyl groups is 1. The van der Waals surface area contributed by atoms with E-state index >= 15 is 0 Å². The van der Waals surface area contributed by atoms with Crippen LogP contribution in [0.4, 0.5) is 0 Å². The van der Waals surface area contributed by atoms with Crippen LogP contribution < -0.4 is 5.32 Å². The summed E-state index contributed by atoms with van der Waals surface area (Å²) in [4.78, 5) is 4.38.